The topological polar surface area (TPSA) is 50.9 Å². The van der Waals surface area contributed by atoms with Crippen LogP contribution in [0.25, 0.3) is 22.4 Å². The molecule has 0 radical (unpaired) electrons. The van der Waals surface area contributed by atoms with Crippen molar-refractivity contribution in [3.63, 3.8) is 0 Å². The summed E-state index contributed by atoms with van der Waals surface area (Å²) in [5, 5.41) is 9.62. The number of benzene rings is 1. The minimum Gasteiger partial charge on any atom is -0.508 e. The van der Waals surface area contributed by atoms with Gasteiger partial charge in [-0.1, -0.05) is 0 Å². The largest absolute Gasteiger partial charge is 0.508 e. The molecule has 4 heteroatoms. The van der Waals surface area contributed by atoms with E-state index in [0.717, 1.165) is 28.0 Å². The number of nitrogens with zero attached hydrogens (tertiary/aromatic N) is 3. The van der Waals surface area contributed by atoms with Crippen LogP contribution in [0.3, 0.4) is 0 Å². The fraction of sp³-hybridized carbons (Fsp3) is 0.294. The summed E-state index contributed by atoms with van der Waals surface area (Å²) in [4.78, 5) is 8.92. The molecule has 0 bridgehead atoms. The maximum absolute atomic E-state index is 9.62. The summed E-state index contributed by atoms with van der Waals surface area (Å²) in [5.41, 5.74) is 3.88. The zero-order chi connectivity index (χ0) is 15.2. The molecule has 108 valence electrons. The molecule has 0 aliphatic heterocycles. The summed E-state index contributed by atoms with van der Waals surface area (Å²) in [6, 6.07) is 7.38. The second-order valence-corrected chi connectivity index (χ2v) is 6.31. The number of pyridine rings is 1. The molecule has 0 fully saturated rings. The quantitative estimate of drug-likeness (QED) is 0.736. The molecule has 0 unspecified atom stereocenters. The van der Waals surface area contributed by atoms with Crippen molar-refractivity contribution in [1.82, 2.24) is 14.5 Å². The minimum absolute atomic E-state index is 0.101. The summed E-state index contributed by atoms with van der Waals surface area (Å²) in [6.45, 7) is 8.47. The Morgan fingerprint density at radius 2 is 1.90 bits per heavy atom. The normalized spacial score (nSPS) is 12.0. The van der Waals surface area contributed by atoms with Gasteiger partial charge >= 0.3 is 0 Å². The summed E-state index contributed by atoms with van der Waals surface area (Å²) >= 11 is 0. The SMILES string of the molecule is Cc1cc(O)ccc1-c1nc2cnccc2n1C(C)(C)C. The lowest BCUT2D eigenvalue weighted by molar-refractivity contribution is 0.413. The van der Waals surface area contributed by atoms with Gasteiger partial charge in [0.25, 0.3) is 0 Å². The molecular weight excluding hydrogens is 262 g/mol. The molecule has 3 rings (SSSR count). The van der Waals surface area contributed by atoms with E-state index in [9.17, 15) is 5.11 Å². The Balaban J connectivity index is 2.37. The van der Waals surface area contributed by atoms with E-state index in [4.69, 9.17) is 4.98 Å². The van der Waals surface area contributed by atoms with Crippen molar-refractivity contribution in [2.45, 2.75) is 33.2 Å². The summed E-state index contributed by atoms with van der Waals surface area (Å²) in [6.07, 6.45) is 3.58. The minimum atomic E-state index is -0.101. The molecule has 0 saturated carbocycles. The Kier molecular flexibility index (Phi) is 2.97. The van der Waals surface area contributed by atoms with Crippen LogP contribution in [0.15, 0.2) is 36.7 Å². The maximum Gasteiger partial charge on any atom is 0.141 e. The van der Waals surface area contributed by atoms with E-state index in [0.29, 0.717) is 0 Å². The van der Waals surface area contributed by atoms with Gasteiger partial charge in [-0.2, -0.15) is 0 Å². The van der Waals surface area contributed by atoms with Gasteiger partial charge in [0.1, 0.15) is 17.1 Å². The predicted octanol–water partition coefficient (Wildman–Crippen LogP) is 3.87. The highest BCUT2D eigenvalue weighted by Gasteiger charge is 2.23. The lowest BCUT2D eigenvalue weighted by Gasteiger charge is -2.25. The van der Waals surface area contributed by atoms with Crippen LogP contribution in [0.1, 0.15) is 26.3 Å². The van der Waals surface area contributed by atoms with Crippen LogP contribution in [-0.4, -0.2) is 19.6 Å². The second-order valence-electron chi connectivity index (χ2n) is 6.31. The maximum atomic E-state index is 9.62. The third kappa shape index (κ3) is 2.27. The van der Waals surface area contributed by atoms with Crippen LogP contribution in [0.4, 0.5) is 0 Å². The zero-order valence-electron chi connectivity index (χ0n) is 12.8. The highest BCUT2D eigenvalue weighted by atomic mass is 16.3. The van der Waals surface area contributed by atoms with Crippen molar-refractivity contribution in [2.75, 3.05) is 0 Å². The Hall–Kier alpha value is -2.36. The van der Waals surface area contributed by atoms with E-state index in [1.165, 1.54) is 0 Å². The number of aryl methyl sites for hydroxylation is 1. The third-order valence-electron chi connectivity index (χ3n) is 3.58. The fourth-order valence-corrected chi connectivity index (χ4v) is 2.69. The molecule has 2 heterocycles. The van der Waals surface area contributed by atoms with E-state index < -0.39 is 0 Å². The van der Waals surface area contributed by atoms with Crippen LogP contribution in [-0.2, 0) is 5.54 Å². The van der Waals surface area contributed by atoms with Crippen molar-refractivity contribution >= 4 is 11.0 Å². The highest BCUT2D eigenvalue weighted by Crippen LogP contribution is 2.33. The van der Waals surface area contributed by atoms with Gasteiger partial charge < -0.3 is 9.67 Å². The number of aromatic hydroxyl groups is 1. The van der Waals surface area contributed by atoms with Gasteiger partial charge in [0, 0.05) is 17.3 Å². The Labute approximate surface area is 124 Å². The fourth-order valence-electron chi connectivity index (χ4n) is 2.69. The molecule has 0 aliphatic carbocycles. The number of hydrogen-bond acceptors (Lipinski definition) is 3. The van der Waals surface area contributed by atoms with E-state index in [-0.39, 0.29) is 11.3 Å². The molecule has 0 atom stereocenters. The molecule has 0 spiro atoms. The van der Waals surface area contributed by atoms with Crippen molar-refractivity contribution in [2.24, 2.45) is 0 Å². The van der Waals surface area contributed by atoms with Crippen molar-refractivity contribution in [1.29, 1.82) is 0 Å². The van der Waals surface area contributed by atoms with Crippen molar-refractivity contribution in [3.8, 4) is 17.1 Å². The molecule has 2 aromatic heterocycles. The number of phenolic OH excluding ortho intramolecular Hbond substituents is 1. The van der Waals surface area contributed by atoms with Crippen LogP contribution in [0, 0.1) is 6.92 Å². The van der Waals surface area contributed by atoms with Gasteiger partial charge in [0.05, 0.1) is 11.7 Å². The predicted molar refractivity (Wildman–Crippen MR) is 84.4 cm³/mol. The van der Waals surface area contributed by atoms with Crippen LogP contribution >= 0.6 is 0 Å². The first-order valence-electron chi connectivity index (χ1n) is 7.01. The molecule has 0 aliphatic rings. The van der Waals surface area contributed by atoms with Gasteiger partial charge in [-0.05, 0) is 57.5 Å². The van der Waals surface area contributed by atoms with Crippen LogP contribution in [0.2, 0.25) is 0 Å². The Bertz CT molecular complexity index is 813. The number of aromatic nitrogens is 3. The lowest BCUT2D eigenvalue weighted by atomic mass is 10.0. The standard InChI is InChI=1S/C17H19N3O/c1-11-9-12(21)5-6-13(11)16-19-14-10-18-8-7-15(14)20(16)17(2,3)4/h5-10,21H,1-4H3. The number of hydrogen-bond donors (Lipinski definition) is 1. The van der Waals surface area contributed by atoms with E-state index >= 15 is 0 Å². The molecule has 21 heavy (non-hydrogen) atoms. The number of fused-ring (bicyclic) bond motifs is 1. The smallest absolute Gasteiger partial charge is 0.141 e. The first-order valence-corrected chi connectivity index (χ1v) is 7.01. The Morgan fingerprint density at radius 1 is 1.14 bits per heavy atom. The van der Waals surface area contributed by atoms with Crippen LogP contribution < -0.4 is 0 Å². The molecule has 1 aromatic carbocycles. The Morgan fingerprint density at radius 3 is 2.57 bits per heavy atom. The number of phenols is 1. The average molecular weight is 281 g/mol. The highest BCUT2D eigenvalue weighted by molar-refractivity contribution is 5.81. The van der Waals surface area contributed by atoms with Gasteiger partial charge in [-0.3, -0.25) is 4.98 Å². The van der Waals surface area contributed by atoms with Gasteiger partial charge in [-0.25, -0.2) is 4.98 Å². The van der Waals surface area contributed by atoms with E-state index in [1.54, 1.807) is 24.5 Å². The average Bonchev–Trinajstić information content (AvgIpc) is 2.77. The first-order chi connectivity index (χ1) is 9.88. The molecule has 4 nitrogen and oxygen atoms in total. The van der Waals surface area contributed by atoms with Gasteiger partial charge in [-0.15, -0.1) is 0 Å². The molecule has 3 aromatic rings. The summed E-state index contributed by atoms with van der Waals surface area (Å²) in [5.74, 6) is 1.18. The zero-order valence-corrected chi connectivity index (χ0v) is 12.8. The van der Waals surface area contributed by atoms with Crippen molar-refractivity contribution < 1.29 is 5.11 Å². The monoisotopic (exact) mass is 281 g/mol. The van der Waals surface area contributed by atoms with Gasteiger partial charge in [0.15, 0.2) is 0 Å². The third-order valence-corrected chi connectivity index (χ3v) is 3.58. The lowest BCUT2D eigenvalue weighted by Crippen LogP contribution is -2.22. The number of imidazole rings is 1. The van der Waals surface area contributed by atoms with Crippen LogP contribution in [0.5, 0.6) is 5.75 Å². The molecule has 0 saturated heterocycles. The summed E-state index contributed by atoms with van der Waals surface area (Å²) in [7, 11) is 0. The van der Waals surface area contributed by atoms with E-state index in [1.807, 2.05) is 19.1 Å². The van der Waals surface area contributed by atoms with E-state index in [2.05, 4.69) is 30.3 Å². The molecular formula is C17H19N3O. The first kappa shape index (κ1) is 13.6. The molecule has 1 N–H and O–H groups in total. The molecule has 0 amide bonds. The van der Waals surface area contributed by atoms with Gasteiger partial charge in [0.2, 0.25) is 0 Å². The second kappa shape index (κ2) is 4.58. The van der Waals surface area contributed by atoms with Crippen molar-refractivity contribution in [3.05, 3.63) is 42.2 Å². The number of rotatable bonds is 1. The summed E-state index contributed by atoms with van der Waals surface area (Å²) < 4.78 is 2.23.